The molecule has 0 bridgehead atoms. The van der Waals surface area contributed by atoms with Crippen LogP contribution in [-0.2, 0) is 9.84 Å². The first-order chi connectivity index (χ1) is 9.91. The Morgan fingerprint density at radius 3 is 2.48 bits per heavy atom. The van der Waals surface area contributed by atoms with Gasteiger partial charge in [-0.3, -0.25) is 0 Å². The van der Waals surface area contributed by atoms with Gasteiger partial charge in [-0.1, -0.05) is 30.3 Å². The second kappa shape index (κ2) is 6.28. The molecule has 2 aromatic rings. The lowest BCUT2D eigenvalue weighted by Gasteiger charge is -2.20. The number of rotatable bonds is 5. The third kappa shape index (κ3) is 3.83. The fourth-order valence-corrected chi connectivity index (χ4v) is 2.79. The highest BCUT2D eigenvalue weighted by Crippen LogP contribution is 2.25. The van der Waals surface area contributed by atoms with Crippen LogP contribution < -0.4 is 10.5 Å². The lowest BCUT2D eigenvalue weighted by Crippen LogP contribution is -2.19. The van der Waals surface area contributed by atoms with Crippen LogP contribution in [0.5, 0.6) is 5.75 Å². The molecule has 1 unspecified atom stereocenters. The van der Waals surface area contributed by atoms with Crippen LogP contribution in [0.1, 0.15) is 17.2 Å². The molecule has 2 rings (SSSR count). The monoisotopic (exact) mass is 305 g/mol. The quantitative estimate of drug-likeness (QED) is 0.921. The van der Waals surface area contributed by atoms with Crippen LogP contribution in [-0.4, -0.2) is 21.2 Å². The SMILES string of the molecule is Cc1ccccc1C(CN)Oc1cccc(S(C)(=O)=O)c1. The molecule has 0 aliphatic carbocycles. The van der Waals surface area contributed by atoms with Crippen LogP contribution in [0, 0.1) is 6.92 Å². The maximum atomic E-state index is 11.6. The molecule has 1 atom stereocenters. The van der Waals surface area contributed by atoms with Crippen LogP contribution >= 0.6 is 0 Å². The number of benzene rings is 2. The van der Waals surface area contributed by atoms with Crippen molar-refractivity contribution in [3.63, 3.8) is 0 Å². The molecule has 5 heteroatoms. The van der Waals surface area contributed by atoms with Gasteiger partial charge in [-0.15, -0.1) is 0 Å². The second-order valence-electron chi connectivity index (χ2n) is 4.95. The van der Waals surface area contributed by atoms with Crippen molar-refractivity contribution in [1.29, 1.82) is 0 Å². The molecule has 0 aliphatic heterocycles. The number of ether oxygens (including phenoxy) is 1. The molecule has 0 saturated heterocycles. The summed E-state index contributed by atoms with van der Waals surface area (Å²) in [6, 6.07) is 14.3. The first kappa shape index (κ1) is 15.5. The van der Waals surface area contributed by atoms with Crippen molar-refractivity contribution < 1.29 is 13.2 Å². The Morgan fingerprint density at radius 1 is 1.14 bits per heavy atom. The number of sulfone groups is 1. The zero-order valence-corrected chi connectivity index (χ0v) is 12.9. The minimum absolute atomic E-state index is 0.237. The summed E-state index contributed by atoms with van der Waals surface area (Å²) in [5, 5.41) is 0. The summed E-state index contributed by atoms with van der Waals surface area (Å²) in [5.41, 5.74) is 7.90. The van der Waals surface area contributed by atoms with E-state index in [-0.39, 0.29) is 11.0 Å². The van der Waals surface area contributed by atoms with E-state index >= 15 is 0 Å². The minimum atomic E-state index is -3.25. The van der Waals surface area contributed by atoms with Crippen LogP contribution in [0.15, 0.2) is 53.4 Å². The summed E-state index contributed by atoms with van der Waals surface area (Å²) < 4.78 is 29.0. The summed E-state index contributed by atoms with van der Waals surface area (Å²) in [6.07, 6.45) is 0.870. The van der Waals surface area contributed by atoms with E-state index in [0.717, 1.165) is 11.1 Å². The Bertz CT molecular complexity index is 726. The molecule has 21 heavy (non-hydrogen) atoms. The fraction of sp³-hybridized carbons (Fsp3) is 0.250. The smallest absolute Gasteiger partial charge is 0.175 e. The van der Waals surface area contributed by atoms with Crippen molar-refractivity contribution in [2.45, 2.75) is 17.9 Å². The molecule has 4 nitrogen and oxygen atoms in total. The molecule has 2 N–H and O–H groups in total. The molecule has 0 spiro atoms. The van der Waals surface area contributed by atoms with Gasteiger partial charge in [0.25, 0.3) is 0 Å². The van der Waals surface area contributed by atoms with Crippen LogP contribution in [0.25, 0.3) is 0 Å². The van der Waals surface area contributed by atoms with Crippen LogP contribution in [0.3, 0.4) is 0 Å². The summed E-state index contributed by atoms with van der Waals surface area (Å²) in [5.74, 6) is 0.497. The molecule has 0 saturated carbocycles. The highest BCUT2D eigenvalue weighted by Gasteiger charge is 2.15. The van der Waals surface area contributed by atoms with Gasteiger partial charge in [0.05, 0.1) is 4.90 Å². The molecule has 0 heterocycles. The van der Waals surface area contributed by atoms with E-state index in [1.165, 1.54) is 12.3 Å². The van der Waals surface area contributed by atoms with Crippen LogP contribution in [0.4, 0.5) is 0 Å². The zero-order chi connectivity index (χ0) is 15.5. The van der Waals surface area contributed by atoms with Crippen LogP contribution in [0.2, 0.25) is 0 Å². The van der Waals surface area contributed by atoms with Gasteiger partial charge in [-0.25, -0.2) is 8.42 Å². The third-order valence-corrected chi connectivity index (χ3v) is 4.37. The topological polar surface area (TPSA) is 69.4 Å². The molecule has 0 radical (unpaired) electrons. The van der Waals surface area contributed by atoms with Gasteiger partial charge in [0.2, 0.25) is 0 Å². The lowest BCUT2D eigenvalue weighted by atomic mass is 10.0. The summed E-state index contributed by atoms with van der Waals surface area (Å²) in [4.78, 5) is 0.237. The highest BCUT2D eigenvalue weighted by molar-refractivity contribution is 7.90. The van der Waals surface area contributed by atoms with Gasteiger partial charge < -0.3 is 10.5 Å². The molecule has 0 aliphatic rings. The van der Waals surface area contributed by atoms with E-state index in [9.17, 15) is 8.42 Å². The molecular weight excluding hydrogens is 286 g/mol. The van der Waals surface area contributed by atoms with Crippen molar-refractivity contribution in [2.24, 2.45) is 5.73 Å². The number of aryl methyl sites for hydroxylation is 1. The number of hydrogen-bond donors (Lipinski definition) is 1. The van der Waals surface area contributed by atoms with Crippen molar-refractivity contribution in [3.05, 3.63) is 59.7 Å². The van der Waals surface area contributed by atoms with E-state index < -0.39 is 9.84 Å². The normalized spacial score (nSPS) is 12.9. The Morgan fingerprint density at radius 2 is 1.86 bits per heavy atom. The van der Waals surface area contributed by atoms with Gasteiger partial charge in [0.1, 0.15) is 11.9 Å². The van der Waals surface area contributed by atoms with Crippen molar-refractivity contribution >= 4 is 9.84 Å². The zero-order valence-electron chi connectivity index (χ0n) is 12.1. The van der Waals surface area contributed by atoms with E-state index in [0.29, 0.717) is 12.3 Å². The van der Waals surface area contributed by atoms with Gasteiger partial charge in [-0.2, -0.15) is 0 Å². The fourth-order valence-electron chi connectivity index (χ4n) is 2.13. The summed E-state index contributed by atoms with van der Waals surface area (Å²) in [7, 11) is -3.25. The number of hydrogen-bond acceptors (Lipinski definition) is 4. The van der Waals surface area contributed by atoms with Gasteiger partial charge >= 0.3 is 0 Å². The Labute approximate surface area is 125 Å². The van der Waals surface area contributed by atoms with Gasteiger partial charge in [0, 0.05) is 12.8 Å². The van der Waals surface area contributed by atoms with Crippen molar-refractivity contribution in [2.75, 3.05) is 12.8 Å². The predicted molar refractivity (Wildman–Crippen MR) is 83.2 cm³/mol. The van der Waals surface area contributed by atoms with Crippen molar-refractivity contribution in [1.82, 2.24) is 0 Å². The minimum Gasteiger partial charge on any atom is -0.484 e. The largest absolute Gasteiger partial charge is 0.484 e. The standard InChI is InChI=1S/C16H19NO3S/c1-12-6-3-4-9-15(12)16(11-17)20-13-7-5-8-14(10-13)21(2,18)19/h3-10,16H,11,17H2,1-2H3. The van der Waals surface area contributed by atoms with E-state index in [1.54, 1.807) is 18.2 Å². The molecule has 112 valence electrons. The second-order valence-corrected chi connectivity index (χ2v) is 6.96. The average Bonchev–Trinajstić information content (AvgIpc) is 2.45. The van der Waals surface area contributed by atoms with E-state index in [2.05, 4.69) is 0 Å². The highest BCUT2D eigenvalue weighted by atomic mass is 32.2. The average molecular weight is 305 g/mol. The first-order valence-electron chi connectivity index (χ1n) is 6.64. The molecule has 0 aromatic heterocycles. The molecule has 0 fully saturated rings. The lowest BCUT2D eigenvalue weighted by molar-refractivity contribution is 0.213. The first-order valence-corrected chi connectivity index (χ1v) is 8.53. The number of nitrogens with two attached hydrogens (primary N) is 1. The van der Waals surface area contributed by atoms with E-state index in [4.69, 9.17) is 10.5 Å². The maximum Gasteiger partial charge on any atom is 0.175 e. The van der Waals surface area contributed by atoms with Gasteiger partial charge in [0.15, 0.2) is 9.84 Å². The third-order valence-electron chi connectivity index (χ3n) is 3.26. The van der Waals surface area contributed by atoms with E-state index in [1.807, 2.05) is 31.2 Å². The summed E-state index contributed by atoms with van der Waals surface area (Å²) in [6.45, 7) is 2.31. The predicted octanol–water partition coefficient (Wildman–Crippen LogP) is 2.48. The Kier molecular flexibility index (Phi) is 4.65. The Balaban J connectivity index is 2.30. The molecule has 0 amide bonds. The van der Waals surface area contributed by atoms with Gasteiger partial charge in [-0.05, 0) is 36.2 Å². The Hall–Kier alpha value is -1.85. The maximum absolute atomic E-state index is 11.6. The van der Waals surface area contributed by atoms with Crippen molar-refractivity contribution in [3.8, 4) is 5.75 Å². The molecular formula is C16H19NO3S. The molecule has 2 aromatic carbocycles. The summed E-state index contributed by atoms with van der Waals surface area (Å²) >= 11 is 0.